The first-order valence-electron chi connectivity index (χ1n) is 11.0. The van der Waals surface area contributed by atoms with Gasteiger partial charge in [0.1, 0.15) is 11.0 Å². The maximum atomic E-state index is 12.9. The van der Waals surface area contributed by atoms with Gasteiger partial charge in [-0.25, -0.2) is 4.79 Å². The number of hydrogen-bond donors (Lipinski definition) is 0. The van der Waals surface area contributed by atoms with Crippen LogP contribution in [-0.4, -0.2) is 39.7 Å². The van der Waals surface area contributed by atoms with Gasteiger partial charge in [0.05, 0.1) is 19.8 Å². The predicted octanol–water partition coefficient (Wildman–Crippen LogP) is 3.47. The van der Waals surface area contributed by atoms with Crippen LogP contribution in [0, 0.1) is 15.3 Å². The van der Waals surface area contributed by atoms with Gasteiger partial charge in [0.15, 0.2) is 0 Å². The number of nitrogens with zero attached hydrogens (tertiary/aromatic N) is 2. The van der Waals surface area contributed by atoms with E-state index >= 15 is 0 Å². The molecule has 0 unspecified atom stereocenters. The number of amidine groups is 1. The smallest absolute Gasteiger partial charge is 0.522 e. The summed E-state index contributed by atoms with van der Waals surface area (Å²) >= 11 is 0. The summed E-state index contributed by atoms with van der Waals surface area (Å²) in [6.07, 6.45) is -4.06. The van der Waals surface area contributed by atoms with E-state index in [9.17, 15) is 20.1 Å². The molecule has 9 nitrogen and oxygen atoms in total. The summed E-state index contributed by atoms with van der Waals surface area (Å²) in [5, 5.41) is 24.5. The third kappa shape index (κ3) is 5.96. The predicted molar refractivity (Wildman–Crippen MR) is 126 cm³/mol. The highest BCUT2D eigenvalue weighted by Crippen LogP contribution is 2.24. The van der Waals surface area contributed by atoms with Crippen LogP contribution in [-0.2, 0) is 38.8 Å². The lowest BCUT2D eigenvalue weighted by Gasteiger charge is -2.31. The van der Waals surface area contributed by atoms with Crippen LogP contribution in [0.4, 0.5) is 0 Å². The zero-order valence-electron chi connectivity index (χ0n) is 18.8. The maximum Gasteiger partial charge on any atom is 0.522 e. The van der Waals surface area contributed by atoms with Crippen molar-refractivity contribution in [2.24, 2.45) is 0 Å². The Kier molecular flexibility index (Phi) is 7.94. The van der Waals surface area contributed by atoms with Crippen LogP contribution in [0.15, 0.2) is 91.0 Å². The second kappa shape index (κ2) is 11.5. The summed E-state index contributed by atoms with van der Waals surface area (Å²) in [7, 11) is 0. The molecule has 9 heteroatoms. The van der Waals surface area contributed by atoms with Crippen molar-refractivity contribution in [1.82, 2.24) is 0 Å². The molecule has 1 heterocycles. The van der Waals surface area contributed by atoms with Crippen molar-refractivity contribution >= 4 is 11.7 Å². The molecule has 0 spiro atoms. The van der Waals surface area contributed by atoms with Gasteiger partial charge in [0.2, 0.25) is 12.2 Å². The first kappa shape index (κ1) is 24.2. The second-order valence-corrected chi connectivity index (χ2v) is 7.94. The van der Waals surface area contributed by atoms with Gasteiger partial charge in [-0.15, -0.1) is 0 Å². The van der Waals surface area contributed by atoms with E-state index in [2.05, 4.69) is 0 Å². The molecule has 1 amide bonds. The van der Waals surface area contributed by atoms with Crippen LogP contribution < -0.4 is 0 Å². The fourth-order valence-electron chi connectivity index (χ4n) is 3.77. The summed E-state index contributed by atoms with van der Waals surface area (Å²) in [5.74, 6) is -2.03. The highest BCUT2D eigenvalue weighted by atomic mass is 16.6. The highest BCUT2D eigenvalue weighted by Gasteiger charge is 2.57. The molecular formula is C26H24N2O7. The van der Waals surface area contributed by atoms with E-state index in [1.54, 1.807) is 36.4 Å². The van der Waals surface area contributed by atoms with Gasteiger partial charge in [-0.3, -0.25) is 10.1 Å². The molecule has 35 heavy (non-hydrogen) atoms. The Morgan fingerprint density at radius 1 is 0.686 bits per heavy atom. The molecule has 3 aromatic rings. The first-order chi connectivity index (χ1) is 17.0. The van der Waals surface area contributed by atoms with E-state index in [4.69, 9.17) is 14.2 Å². The summed E-state index contributed by atoms with van der Waals surface area (Å²) in [5.41, 5.74) is 2.30. The lowest BCUT2D eigenvalue weighted by molar-refractivity contribution is -0.492. The minimum absolute atomic E-state index is 0.00941. The van der Waals surface area contributed by atoms with Crippen molar-refractivity contribution < 1.29 is 28.7 Å². The fraction of sp³-hybridized carbons (Fsp3) is 0.231. The quantitative estimate of drug-likeness (QED) is 0.201. The highest BCUT2D eigenvalue weighted by molar-refractivity contribution is 5.88. The van der Waals surface area contributed by atoms with E-state index < -0.39 is 35.0 Å². The van der Waals surface area contributed by atoms with E-state index in [1.807, 2.05) is 54.6 Å². The third-order valence-corrected chi connectivity index (χ3v) is 5.52. The molecule has 0 radical (unpaired) electrons. The molecule has 180 valence electrons. The van der Waals surface area contributed by atoms with Crippen LogP contribution in [0.2, 0.25) is 0 Å². The second-order valence-electron chi connectivity index (χ2n) is 7.94. The molecule has 0 aliphatic carbocycles. The van der Waals surface area contributed by atoms with Crippen molar-refractivity contribution in [1.29, 1.82) is 0 Å². The zero-order valence-corrected chi connectivity index (χ0v) is 18.8. The van der Waals surface area contributed by atoms with Gasteiger partial charge in [0, 0.05) is 0 Å². The summed E-state index contributed by atoms with van der Waals surface area (Å²) in [6.45, 7) is 0.0238. The van der Waals surface area contributed by atoms with Gasteiger partial charge in [0.25, 0.3) is 0 Å². The molecule has 0 fully saturated rings. The van der Waals surface area contributed by atoms with E-state index in [0.717, 1.165) is 16.7 Å². The molecule has 3 atom stereocenters. The Balaban J connectivity index is 1.65. The topological polar surface area (TPSA) is 114 Å². The number of carbonyl (C=O) groups is 1. The number of hydroxylamine groups is 1. The lowest BCUT2D eigenvalue weighted by atomic mass is 10.0. The average Bonchev–Trinajstić information content (AvgIpc) is 2.89. The molecule has 4 rings (SSSR count). The number of nitro groups is 1. The first-order valence-corrected chi connectivity index (χ1v) is 11.0. The minimum Gasteiger partial charge on any atom is -0.611 e. The van der Waals surface area contributed by atoms with Crippen molar-refractivity contribution in [2.45, 2.75) is 38.1 Å². The molecule has 3 aromatic carbocycles. The molecule has 0 aromatic heterocycles. The van der Waals surface area contributed by atoms with E-state index in [0.29, 0.717) is 0 Å². The molecule has 1 aliphatic rings. The number of benzene rings is 3. The summed E-state index contributed by atoms with van der Waals surface area (Å²) < 4.78 is 17.5. The number of rotatable bonds is 9. The van der Waals surface area contributed by atoms with Crippen molar-refractivity contribution in [2.75, 3.05) is 0 Å². The zero-order chi connectivity index (χ0) is 24.6. The fourth-order valence-corrected chi connectivity index (χ4v) is 3.77. The van der Waals surface area contributed by atoms with Crippen LogP contribution in [0.5, 0.6) is 0 Å². The van der Waals surface area contributed by atoms with Gasteiger partial charge < -0.3 is 19.4 Å². The monoisotopic (exact) mass is 476 g/mol. The molecular weight excluding hydrogens is 452 g/mol. The van der Waals surface area contributed by atoms with E-state index in [-0.39, 0.29) is 24.6 Å². The van der Waals surface area contributed by atoms with Crippen LogP contribution in [0.3, 0.4) is 0 Å². The number of amides is 1. The van der Waals surface area contributed by atoms with Gasteiger partial charge in [-0.2, -0.15) is 0 Å². The molecule has 0 saturated heterocycles. The molecule has 0 bridgehead atoms. The molecule has 1 aliphatic heterocycles. The van der Waals surface area contributed by atoms with Crippen LogP contribution >= 0.6 is 0 Å². The Labute approximate surface area is 201 Å². The standard InChI is InChI=1S/C26H24N2O7/c29-26-24(35-18-21-14-8-3-9-15-21)22(33-16-19-10-4-1-5-11-19)23(25(27(26)30)28(31)32)34-17-20-12-6-2-7-13-20/h1-15,22-24H,16-18H2/t22-,23+,24-/m0/s1. The van der Waals surface area contributed by atoms with Gasteiger partial charge in [-0.1, -0.05) is 95.7 Å². The van der Waals surface area contributed by atoms with E-state index in [1.165, 1.54) is 0 Å². The number of ether oxygens (including phenoxy) is 3. The maximum absolute atomic E-state index is 12.9. The number of carbonyl (C=O) groups excluding carboxylic acids is 1. The van der Waals surface area contributed by atoms with Crippen molar-refractivity contribution in [3.8, 4) is 0 Å². The van der Waals surface area contributed by atoms with Gasteiger partial charge >= 0.3 is 11.7 Å². The minimum atomic E-state index is -1.44. The Morgan fingerprint density at radius 2 is 1.09 bits per heavy atom. The van der Waals surface area contributed by atoms with Gasteiger partial charge in [-0.05, 0) is 16.7 Å². The SMILES string of the molecule is O=C1[C@@H](OCc2ccccc2)[C@@H](OCc2ccccc2)[C@@H](OCc2ccccc2)C([N+](=O)[O-])=[N+]1[O-]. The Morgan fingerprint density at radius 3 is 1.51 bits per heavy atom. The lowest BCUT2D eigenvalue weighted by Crippen LogP contribution is -2.60. The van der Waals surface area contributed by atoms with Crippen LogP contribution in [0.25, 0.3) is 0 Å². The normalized spacial score (nSPS) is 20.1. The number of hydrogen-bond acceptors (Lipinski definition) is 7. The van der Waals surface area contributed by atoms with Crippen molar-refractivity contribution in [3.05, 3.63) is 123 Å². The average molecular weight is 476 g/mol. The Hall–Kier alpha value is -3.92. The third-order valence-electron chi connectivity index (χ3n) is 5.52. The largest absolute Gasteiger partial charge is 0.611 e. The Bertz CT molecular complexity index is 1170. The molecule has 0 N–H and O–H groups in total. The summed E-state index contributed by atoms with van der Waals surface area (Å²) in [4.78, 5) is 23.9. The van der Waals surface area contributed by atoms with Crippen molar-refractivity contribution in [3.63, 3.8) is 0 Å². The summed E-state index contributed by atoms with van der Waals surface area (Å²) in [6, 6.07) is 27.2. The molecule has 0 saturated carbocycles. The van der Waals surface area contributed by atoms with Crippen LogP contribution in [0.1, 0.15) is 16.7 Å².